The number of hydrogen-bond donors (Lipinski definition) is 0. The van der Waals surface area contributed by atoms with Crippen LogP contribution in [0.5, 0.6) is 0 Å². The van der Waals surface area contributed by atoms with Gasteiger partial charge in [0.05, 0.1) is 10.6 Å². The van der Waals surface area contributed by atoms with E-state index in [2.05, 4.69) is 23.4 Å². The summed E-state index contributed by atoms with van der Waals surface area (Å²) < 4.78 is 0. The van der Waals surface area contributed by atoms with E-state index in [1.165, 1.54) is 4.88 Å². The van der Waals surface area contributed by atoms with Crippen LogP contribution in [-0.2, 0) is 0 Å². The number of hydrogen-bond acceptors (Lipinski definition) is 2. The highest BCUT2D eigenvalue weighted by Crippen LogP contribution is 2.26. The first-order chi connectivity index (χ1) is 6.90. The summed E-state index contributed by atoms with van der Waals surface area (Å²) in [6.07, 6.45) is 3.68. The highest BCUT2D eigenvalue weighted by molar-refractivity contribution is 7.16. The van der Waals surface area contributed by atoms with E-state index < -0.39 is 0 Å². The maximum absolute atomic E-state index is 4.28. The number of nitrogens with zero attached hydrogens (tertiary/aromatic N) is 1. The fourth-order valence-corrected chi connectivity index (χ4v) is 2.07. The summed E-state index contributed by atoms with van der Waals surface area (Å²) in [4.78, 5) is 6.61. The molecular weight excluding hydrogens is 190 g/mol. The predicted octanol–water partition coefficient (Wildman–Crippen LogP) is 3.61. The molecule has 14 heavy (non-hydrogen) atoms. The molecular formula is C12H9NS. The molecule has 2 aromatic rings. The average molecular weight is 199 g/mol. The Labute approximate surface area is 87.1 Å². The van der Waals surface area contributed by atoms with Crippen LogP contribution in [0.1, 0.15) is 4.88 Å². The van der Waals surface area contributed by atoms with Gasteiger partial charge in [0, 0.05) is 11.1 Å². The third kappa shape index (κ3) is 1.82. The molecule has 0 aliphatic rings. The molecule has 0 fully saturated rings. The minimum absolute atomic E-state index is 1.02. The molecule has 0 radical (unpaired) electrons. The summed E-state index contributed by atoms with van der Waals surface area (Å²) in [5.74, 6) is 0. The molecule has 2 rings (SSSR count). The summed E-state index contributed by atoms with van der Waals surface area (Å²) in [5.41, 5.74) is 3.78. The molecule has 0 aromatic carbocycles. The summed E-state index contributed by atoms with van der Waals surface area (Å²) in [7, 11) is 0. The number of pyridine rings is 1. The molecule has 0 unspecified atom stereocenters. The fourth-order valence-electron chi connectivity index (χ4n) is 1.18. The molecule has 0 aliphatic heterocycles. The Morgan fingerprint density at radius 3 is 2.93 bits per heavy atom. The zero-order valence-electron chi connectivity index (χ0n) is 7.60. The van der Waals surface area contributed by atoms with Gasteiger partial charge in [0.1, 0.15) is 0 Å². The van der Waals surface area contributed by atoms with Crippen LogP contribution in [0.4, 0.5) is 0 Å². The second-order valence-electron chi connectivity index (χ2n) is 2.77. The Hall–Kier alpha value is -1.63. The zero-order chi connectivity index (χ0) is 9.80. The normalized spacial score (nSPS) is 9.43. The van der Waals surface area contributed by atoms with Crippen molar-refractivity contribution in [2.24, 2.45) is 0 Å². The molecule has 0 spiro atoms. The monoisotopic (exact) mass is 199 g/mol. The maximum Gasteiger partial charge on any atom is 0.0801 e. The van der Waals surface area contributed by atoms with E-state index in [0.29, 0.717) is 0 Å². The molecule has 0 atom stereocenters. The second kappa shape index (κ2) is 4.05. The average Bonchev–Trinajstić information content (AvgIpc) is 2.68. The van der Waals surface area contributed by atoms with Gasteiger partial charge in [-0.1, -0.05) is 12.6 Å². The van der Waals surface area contributed by atoms with Crippen molar-refractivity contribution in [3.05, 3.63) is 53.7 Å². The van der Waals surface area contributed by atoms with Crippen molar-refractivity contribution in [1.82, 2.24) is 4.98 Å². The highest BCUT2D eigenvalue weighted by atomic mass is 32.1. The largest absolute Gasteiger partial charge is 0.255 e. The van der Waals surface area contributed by atoms with Crippen molar-refractivity contribution in [1.29, 1.82) is 0 Å². The number of thiophene rings is 1. The third-order valence-corrected chi connectivity index (χ3v) is 2.84. The molecule has 2 heteroatoms. The molecule has 0 bridgehead atoms. The van der Waals surface area contributed by atoms with E-state index in [1.54, 1.807) is 17.5 Å². The van der Waals surface area contributed by atoms with E-state index in [1.807, 2.05) is 30.3 Å². The van der Waals surface area contributed by atoms with Crippen molar-refractivity contribution >= 4 is 17.4 Å². The predicted molar refractivity (Wildman–Crippen MR) is 61.2 cm³/mol. The standard InChI is InChI=1S/C12H9NS/c1-2-5-10-7-8-12(14-10)11-6-3-4-9-13-11/h3-9H,1H2. The summed E-state index contributed by atoms with van der Waals surface area (Å²) in [6.45, 7) is 3.55. The van der Waals surface area contributed by atoms with E-state index in [0.717, 1.165) is 10.6 Å². The van der Waals surface area contributed by atoms with Crippen LogP contribution in [0, 0.1) is 0 Å². The molecule has 0 saturated heterocycles. The van der Waals surface area contributed by atoms with Gasteiger partial charge in [-0.25, -0.2) is 0 Å². The van der Waals surface area contributed by atoms with Gasteiger partial charge in [0.15, 0.2) is 0 Å². The fraction of sp³-hybridized carbons (Fsp3) is 0. The van der Waals surface area contributed by atoms with Crippen molar-refractivity contribution in [3.8, 4) is 10.6 Å². The lowest BCUT2D eigenvalue weighted by Crippen LogP contribution is -1.75. The van der Waals surface area contributed by atoms with Gasteiger partial charge >= 0.3 is 0 Å². The van der Waals surface area contributed by atoms with Gasteiger partial charge in [-0.05, 0) is 30.3 Å². The van der Waals surface area contributed by atoms with Crippen LogP contribution >= 0.6 is 11.3 Å². The molecule has 0 amide bonds. The van der Waals surface area contributed by atoms with Crippen molar-refractivity contribution < 1.29 is 0 Å². The van der Waals surface area contributed by atoms with Gasteiger partial charge in [-0.15, -0.1) is 17.1 Å². The molecule has 0 N–H and O–H groups in total. The topological polar surface area (TPSA) is 12.9 Å². The number of aromatic nitrogens is 1. The third-order valence-electron chi connectivity index (χ3n) is 1.79. The lowest BCUT2D eigenvalue weighted by molar-refractivity contribution is 1.34. The smallest absolute Gasteiger partial charge is 0.0801 e. The van der Waals surface area contributed by atoms with Gasteiger partial charge in [0.25, 0.3) is 0 Å². The summed E-state index contributed by atoms with van der Waals surface area (Å²) in [6, 6.07) is 10.0. The first-order valence-electron chi connectivity index (χ1n) is 4.27. The van der Waals surface area contributed by atoms with Crippen LogP contribution in [-0.4, -0.2) is 4.98 Å². The van der Waals surface area contributed by atoms with Crippen LogP contribution in [0.15, 0.2) is 48.8 Å². The molecule has 2 aromatic heterocycles. The highest BCUT2D eigenvalue weighted by Gasteiger charge is 2.00. The van der Waals surface area contributed by atoms with E-state index in [-0.39, 0.29) is 0 Å². The molecule has 0 aliphatic carbocycles. The Balaban J connectivity index is 2.39. The number of rotatable bonds is 2. The van der Waals surface area contributed by atoms with Crippen LogP contribution in [0.25, 0.3) is 16.6 Å². The minimum Gasteiger partial charge on any atom is -0.255 e. The van der Waals surface area contributed by atoms with Gasteiger partial charge in [-0.2, -0.15) is 0 Å². The van der Waals surface area contributed by atoms with Gasteiger partial charge in [-0.3, -0.25) is 4.98 Å². The Kier molecular flexibility index (Phi) is 2.59. The minimum atomic E-state index is 1.02. The quantitative estimate of drug-likeness (QED) is 0.673. The van der Waals surface area contributed by atoms with Crippen LogP contribution in [0.2, 0.25) is 0 Å². The molecule has 0 saturated carbocycles. The van der Waals surface area contributed by atoms with Gasteiger partial charge < -0.3 is 0 Å². The lowest BCUT2D eigenvalue weighted by atomic mass is 10.3. The van der Waals surface area contributed by atoms with Crippen molar-refractivity contribution in [3.63, 3.8) is 0 Å². The molecule has 2 heterocycles. The van der Waals surface area contributed by atoms with E-state index in [4.69, 9.17) is 0 Å². The zero-order valence-corrected chi connectivity index (χ0v) is 8.42. The Morgan fingerprint density at radius 1 is 1.29 bits per heavy atom. The molecule has 1 nitrogen and oxygen atoms in total. The van der Waals surface area contributed by atoms with E-state index >= 15 is 0 Å². The summed E-state index contributed by atoms with van der Waals surface area (Å²) in [5, 5.41) is 0. The first-order valence-corrected chi connectivity index (χ1v) is 5.09. The second-order valence-corrected chi connectivity index (χ2v) is 3.88. The Bertz CT molecular complexity index is 464. The van der Waals surface area contributed by atoms with Crippen LogP contribution in [0.3, 0.4) is 0 Å². The first kappa shape index (κ1) is 8.95. The van der Waals surface area contributed by atoms with Crippen molar-refractivity contribution in [2.45, 2.75) is 0 Å². The molecule has 68 valence electrons. The van der Waals surface area contributed by atoms with Gasteiger partial charge in [0.2, 0.25) is 0 Å². The van der Waals surface area contributed by atoms with E-state index in [9.17, 15) is 0 Å². The van der Waals surface area contributed by atoms with Crippen molar-refractivity contribution in [2.75, 3.05) is 0 Å². The lowest BCUT2D eigenvalue weighted by Gasteiger charge is -1.92. The Morgan fingerprint density at radius 2 is 2.21 bits per heavy atom. The van der Waals surface area contributed by atoms with Crippen LogP contribution < -0.4 is 0 Å². The SMILES string of the molecule is C=C=Cc1ccc(-c2ccccn2)s1. The summed E-state index contributed by atoms with van der Waals surface area (Å²) >= 11 is 1.69. The maximum atomic E-state index is 4.28.